The molecule has 1 saturated heterocycles. The summed E-state index contributed by atoms with van der Waals surface area (Å²) in [6.45, 7) is 2.72. The summed E-state index contributed by atoms with van der Waals surface area (Å²) in [4.78, 5) is 0. The molecule has 1 aliphatic heterocycles. The van der Waals surface area contributed by atoms with Gasteiger partial charge < -0.3 is 10.4 Å². The molecule has 2 aromatic carbocycles. The predicted molar refractivity (Wildman–Crippen MR) is 113 cm³/mol. The lowest BCUT2D eigenvalue weighted by Crippen LogP contribution is -2.41. The summed E-state index contributed by atoms with van der Waals surface area (Å²) < 4.78 is 79.7. The summed E-state index contributed by atoms with van der Waals surface area (Å²) in [7, 11) is 0. The number of aliphatic hydroxyl groups is 1. The third-order valence-corrected chi connectivity index (χ3v) is 6.27. The Morgan fingerprint density at radius 1 is 0.875 bits per heavy atom. The monoisotopic (exact) mass is 481 g/mol. The molecular formula is C23H26ClF6NO. The molecule has 3 rings (SSSR count). The van der Waals surface area contributed by atoms with Crippen molar-refractivity contribution < 1.29 is 31.4 Å². The second-order valence-electron chi connectivity index (χ2n) is 8.43. The van der Waals surface area contributed by atoms with Gasteiger partial charge in [-0.25, -0.2) is 0 Å². The third kappa shape index (κ3) is 5.77. The molecule has 0 bridgehead atoms. The van der Waals surface area contributed by atoms with Crippen molar-refractivity contribution in [3.63, 3.8) is 0 Å². The molecule has 2 N–H and O–H groups in total. The molecule has 0 amide bonds. The van der Waals surface area contributed by atoms with E-state index < -0.39 is 34.6 Å². The minimum Gasteiger partial charge on any atom is -0.385 e. The van der Waals surface area contributed by atoms with E-state index in [9.17, 15) is 31.4 Å². The van der Waals surface area contributed by atoms with Crippen LogP contribution in [0.5, 0.6) is 0 Å². The highest BCUT2D eigenvalue weighted by Gasteiger charge is 2.43. The summed E-state index contributed by atoms with van der Waals surface area (Å²) >= 11 is 0. The second kappa shape index (κ2) is 9.61. The molecule has 1 atom stereocenters. The van der Waals surface area contributed by atoms with Crippen molar-refractivity contribution in [2.45, 2.75) is 56.0 Å². The number of piperidine rings is 1. The normalized spacial score (nSPS) is 18.5. The predicted octanol–water partition coefficient (Wildman–Crippen LogP) is 6.46. The summed E-state index contributed by atoms with van der Waals surface area (Å²) in [5, 5.41) is 14.3. The van der Waals surface area contributed by atoms with E-state index in [1.165, 1.54) is 6.92 Å². The standard InChI is InChI=1S/C23H25F6NO.ClH/c1-20(31,18-8-7-17(22(24,25)26)15-19(18)23(27,28)29)9-10-21(11-13-30-14-12-21)16-5-3-2-4-6-16;/h2-8,15,30-31H,9-14H2,1H3;1H. The zero-order valence-electron chi connectivity index (χ0n) is 17.5. The summed E-state index contributed by atoms with van der Waals surface area (Å²) in [6, 6.07) is 11.1. The first-order valence-corrected chi connectivity index (χ1v) is 10.1. The van der Waals surface area contributed by atoms with Crippen molar-refractivity contribution in [1.82, 2.24) is 5.32 Å². The van der Waals surface area contributed by atoms with E-state index in [0.717, 1.165) is 37.6 Å². The average molecular weight is 482 g/mol. The van der Waals surface area contributed by atoms with Crippen molar-refractivity contribution in [2.75, 3.05) is 13.1 Å². The van der Waals surface area contributed by atoms with Crippen LogP contribution in [0.25, 0.3) is 0 Å². The van der Waals surface area contributed by atoms with E-state index in [0.29, 0.717) is 12.5 Å². The van der Waals surface area contributed by atoms with Crippen LogP contribution in [0, 0.1) is 0 Å². The lowest BCUT2D eigenvalue weighted by Gasteiger charge is -2.40. The van der Waals surface area contributed by atoms with E-state index in [1.807, 2.05) is 30.3 Å². The Hall–Kier alpha value is -1.77. The Kier molecular flexibility index (Phi) is 7.95. The summed E-state index contributed by atoms with van der Waals surface area (Å²) in [5.74, 6) is 0. The number of alkyl halides is 6. The Labute approximate surface area is 189 Å². The first-order valence-electron chi connectivity index (χ1n) is 10.1. The third-order valence-electron chi connectivity index (χ3n) is 6.27. The highest BCUT2D eigenvalue weighted by molar-refractivity contribution is 5.85. The first-order chi connectivity index (χ1) is 14.4. The Bertz CT molecular complexity index is 890. The summed E-state index contributed by atoms with van der Waals surface area (Å²) in [6.07, 6.45) is -8.03. The highest BCUT2D eigenvalue weighted by Crippen LogP contribution is 2.45. The Morgan fingerprint density at radius 2 is 1.47 bits per heavy atom. The molecule has 0 saturated carbocycles. The zero-order chi connectivity index (χ0) is 22.9. The van der Waals surface area contributed by atoms with Crippen LogP contribution in [0.4, 0.5) is 26.3 Å². The summed E-state index contributed by atoms with van der Waals surface area (Å²) in [5.41, 5.74) is -4.59. The second-order valence-corrected chi connectivity index (χ2v) is 8.43. The van der Waals surface area contributed by atoms with Crippen LogP contribution in [0.2, 0.25) is 0 Å². The molecule has 1 unspecified atom stereocenters. The van der Waals surface area contributed by atoms with Crippen molar-refractivity contribution in [3.8, 4) is 0 Å². The molecule has 0 radical (unpaired) electrons. The highest BCUT2D eigenvalue weighted by atomic mass is 35.5. The van der Waals surface area contributed by atoms with Gasteiger partial charge in [0.1, 0.15) is 0 Å². The topological polar surface area (TPSA) is 32.3 Å². The van der Waals surface area contributed by atoms with Crippen LogP contribution in [-0.4, -0.2) is 18.2 Å². The minimum absolute atomic E-state index is 0. The molecule has 1 fully saturated rings. The van der Waals surface area contributed by atoms with Crippen LogP contribution in [-0.2, 0) is 23.4 Å². The number of hydrogen-bond donors (Lipinski definition) is 2. The smallest absolute Gasteiger partial charge is 0.385 e. The van der Waals surface area contributed by atoms with Gasteiger partial charge in [0.25, 0.3) is 0 Å². The molecule has 32 heavy (non-hydrogen) atoms. The van der Waals surface area contributed by atoms with Gasteiger partial charge in [0.05, 0.1) is 16.7 Å². The molecule has 0 spiro atoms. The van der Waals surface area contributed by atoms with Gasteiger partial charge in [-0.15, -0.1) is 12.4 Å². The van der Waals surface area contributed by atoms with Crippen molar-refractivity contribution in [1.29, 1.82) is 0 Å². The van der Waals surface area contributed by atoms with Crippen LogP contribution >= 0.6 is 12.4 Å². The fraction of sp³-hybridized carbons (Fsp3) is 0.478. The van der Waals surface area contributed by atoms with Crippen LogP contribution in [0.15, 0.2) is 48.5 Å². The van der Waals surface area contributed by atoms with Gasteiger partial charge in [0, 0.05) is 0 Å². The van der Waals surface area contributed by atoms with Gasteiger partial charge in [0.15, 0.2) is 0 Å². The number of hydrogen-bond acceptors (Lipinski definition) is 2. The maximum atomic E-state index is 13.6. The van der Waals surface area contributed by atoms with E-state index >= 15 is 0 Å². The fourth-order valence-electron chi connectivity index (χ4n) is 4.42. The van der Waals surface area contributed by atoms with E-state index in [1.54, 1.807) is 0 Å². The van der Waals surface area contributed by atoms with Gasteiger partial charge in [-0.1, -0.05) is 36.4 Å². The molecule has 2 aromatic rings. The molecule has 9 heteroatoms. The fourth-order valence-corrected chi connectivity index (χ4v) is 4.42. The molecular weight excluding hydrogens is 456 g/mol. The molecule has 1 aliphatic rings. The average Bonchev–Trinajstić information content (AvgIpc) is 2.72. The van der Waals surface area contributed by atoms with E-state index in [4.69, 9.17) is 0 Å². The minimum atomic E-state index is -5.02. The molecule has 2 nitrogen and oxygen atoms in total. The maximum Gasteiger partial charge on any atom is 0.416 e. The lowest BCUT2D eigenvalue weighted by atomic mass is 9.68. The largest absolute Gasteiger partial charge is 0.416 e. The van der Waals surface area contributed by atoms with Crippen LogP contribution in [0.1, 0.15) is 54.9 Å². The van der Waals surface area contributed by atoms with Gasteiger partial charge in [0.2, 0.25) is 0 Å². The first kappa shape index (κ1) is 26.5. The SMILES string of the molecule is CC(O)(CCC1(c2ccccc2)CCNCC1)c1ccc(C(F)(F)F)cc1C(F)(F)F.Cl. The molecule has 178 valence electrons. The number of halogens is 7. The Morgan fingerprint density at radius 3 is 2.00 bits per heavy atom. The molecule has 0 aromatic heterocycles. The quantitative estimate of drug-likeness (QED) is 0.481. The van der Waals surface area contributed by atoms with Gasteiger partial charge in [-0.2, -0.15) is 26.3 Å². The van der Waals surface area contributed by atoms with Gasteiger partial charge in [-0.05, 0) is 74.4 Å². The van der Waals surface area contributed by atoms with Crippen molar-refractivity contribution >= 4 is 12.4 Å². The van der Waals surface area contributed by atoms with E-state index in [2.05, 4.69) is 5.32 Å². The van der Waals surface area contributed by atoms with E-state index in [-0.39, 0.29) is 30.3 Å². The maximum absolute atomic E-state index is 13.6. The lowest BCUT2D eigenvalue weighted by molar-refractivity contribution is -0.145. The van der Waals surface area contributed by atoms with Crippen molar-refractivity contribution in [3.05, 3.63) is 70.8 Å². The zero-order valence-corrected chi connectivity index (χ0v) is 18.3. The molecule has 1 heterocycles. The van der Waals surface area contributed by atoms with Crippen LogP contribution < -0.4 is 5.32 Å². The number of benzene rings is 2. The van der Waals surface area contributed by atoms with Crippen molar-refractivity contribution in [2.24, 2.45) is 0 Å². The molecule has 0 aliphatic carbocycles. The van der Waals surface area contributed by atoms with Gasteiger partial charge in [-0.3, -0.25) is 0 Å². The van der Waals surface area contributed by atoms with Crippen LogP contribution in [0.3, 0.4) is 0 Å². The number of nitrogens with one attached hydrogen (secondary N) is 1. The Balaban J connectivity index is 0.00000363. The number of rotatable bonds is 5. The van der Waals surface area contributed by atoms with Gasteiger partial charge >= 0.3 is 12.4 Å².